The highest BCUT2D eigenvalue weighted by atomic mass is 32.2. The number of halogens is 3. The molecule has 2 aromatic rings. The summed E-state index contributed by atoms with van der Waals surface area (Å²) in [6.45, 7) is 0. The largest absolute Gasteiger partial charge is 0.468 e. The number of benzene rings is 2. The van der Waals surface area contributed by atoms with Crippen molar-refractivity contribution in [1.82, 2.24) is 5.32 Å². The molecule has 32 heavy (non-hydrogen) atoms. The molecule has 3 rings (SSSR count). The molecular weight excluding hydrogens is 449 g/mol. The van der Waals surface area contributed by atoms with Crippen molar-refractivity contribution in [2.45, 2.75) is 30.3 Å². The van der Waals surface area contributed by atoms with E-state index in [4.69, 9.17) is 10.5 Å². The Balaban J connectivity index is 1.76. The van der Waals surface area contributed by atoms with Crippen LogP contribution in [0.1, 0.15) is 16.7 Å². The topological polar surface area (TPSA) is 108 Å². The molecule has 0 spiro atoms. The fourth-order valence-corrected chi connectivity index (χ4v) is 3.93. The standard InChI is InChI=1S/C21H19F3N2O5S/c1-30-19(28)15(25)9-11-2-5-13(6-3-11)31-16-7-4-12(8-14(16)21(22,23)24)10-17-18(27)26-20(29)32-17/h2-8,15,17H,9-10,25H2,1H3,(H,26,27,29). The number of rotatable bonds is 7. The van der Waals surface area contributed by atoms with Gasteiger partial charge in [0.15, 0.2) is 0 Å². The molecule has 7 nitrogen and oxygen atoms in total. The average Bonchev–Trinajstić information content (AvgIpc) is 3.05. The summed E-state index contributed by atoms with van der Waals surface area (Å²) in [5.74, 6) is -1.34. The first-order chi connectivity index (χ1) is 15.1. The molecule has 170 valence electrons. The highest BCUT2D eigenvalue weighted by Crippen LogP contribution is 2.39. The van der Waals surface area contributed by atoms with Crippen LogP contribution in [0.4, 0.5) is 18.0 Å². The lowest BCUT2D eigenvalue weighted by atomic mass is 10.0. The number of ether oxygens (including phenoxy) is 2. The lowest BCUT2D eigenvalue weighted by molar-refractivity contribution is -0.142. The normalized spacial score (nSPS) is 17.1. The number of nitrogens with one attached hydrogen (secondary N) is 1. The number of methoxy groups -OCH3 is 1. The number of imide groups is 1. The Kier molecular flexibility index (Phi) is 7.09. The van der Waals surface area contributed by atoms with Crippen LogP contribution in [0.15, 0.2) is 42.5 Å². The molecule has 2 aromatic carbocycles. The Hall–Kier alpha value is -3.05. The smallest absolute Gasteiger partial charge is 0.419 e. The van der Waals surface area contributed by atoms with E-state index in [0.29, 0.717) is 5.56 Å². The van der Waals surface area contributed by atoms with Crippen LogP contribution < -0.4 is 15.8 Å². The quantitative estimate of drug-likeness (QED) is 0.600. The fraction of sp³-hybridized carbons (Fsp3) is 0.286. The molecule has 0 radical (unpaired) electrons. The van der Waals surface area contributed by atoms with Gasteiger partial charge < -0.3 is 15.2 Å². The van der Waals surface area contributed by atoms with Crippen molar-refractivity contribution >= 4 is 28.9 Å². The van der Waals surface area contributed by atoms with Crippen molar-refractivity contribution in [1.29, 1.82) is 0 Å². The molecule has 0 bridgehead atoms. The fourth-order valence-electron chi connectivity index (χ4n) is 3.07. The van der Waals surface area contributed by atoms with E-state index < -0.39 is 45.9 Å². The minimum Gasteiger partial charge on any atom is -0.468 e. The highest BCUT2D eigenvalue weighted by Gasteiger charge is 2.36. The predicted octanol–water partition coefficient (Wildman–Crippen LogP) is 3.43. The Morgan fingerprint density at radius 1 is 1.16 bits per heavy atom. The Labute approximate surface area is 185 Å². The van der Waals surface area contributed by atoms with Gasteiger partial charge in [0.2, 0.25) is 5.91 Å². The second-order valence-corrected chi connectivity index (χ2v) is 8.17. The Morgan fingerprint density at radius 2 is 1.81 bits per heavy atom. The summed E-state index contributed by atoms with van der Waals surface area (Å²) in [5.41, 5.74) is 5.64. The van der Waals surface area contributed by atoms with Gasteiger partial charge in [0.25, 0.3) is 5.24 Å². The zero-order valence-electron chi connectivity index (χ0n) is 16.8. The van der Waals surface area contributed by atoms with Crippen molar-refractivity contribution in [2.24, 2.45) is 5.73 Å². The third-order valence-electron chi connectivity index (χ3n) is 4.65. The Morgan fingerprint density at radius 3 is 2.38 bits per heavy atom. The average molecular weight is 468 g/mol. The maximum Gasteiger partial charge on any atom is 0.419 e. The van der Waals surface area contributed by atoms with Gasteiger partial charge in [-0.25, -0.2) is 0 Å². The molecule has 1 aliphatic rings. The van der Waals surface area contributed by atoms with Gasteiger partial charge in [0, 0.05) is 0 Å². The number of thioether (sulfide) groups is 1. The van der Waals surface area contributed by atoms with Gasteiger partial charge in [0.1, 0.15) is 17.5 Å². The second kappa shape index (κ2) is 9.61. The minimum atomic E-state index is -4.69. The molecule has 3 N–H and O–H groups in total. The first-order valence-electron chi connectivity index (χ1n) is 9.38. The zero-order valence-corrected chi connectivity index (χ0v) is 17.6. The van der Waals surface area contributed by atoms with Crippen LogP contribution in [0.2, 0.25) is 0 Å². The lowest BCUT2D eigenvalue weighted by Gasteiger charge is -2.16. The number of nitrogens with two attached hydrogens (primary N) is 1. The van der Waals surface area contributed by atoms with Crippen LogP contribution in [-0.2, 0) is 33.3 Å². The molecule has 0 aromatic heterocycles. The molecule has 11 heteroatoms. The van der Waals surface area contributed by atoms with Crippen molar-refractivity contribution < 1.29 is 37.0 Å². The van der Waals surface area contributed by atoms with Crippen LogP contribution in [0.25, 0.3) is 0 Å². The molecular formula is C21H19F3N2O5S. The van der Waals surface area contributed by atoms with E-state index in [2.05, 4.69) is 10.1 Å². The number of esters is 1. The zero-order chi connectivity index (χ0) is 23.5. The number of hydrogen-bond acceptors (Lipinski definition) is 7. The van der Waals surface area contributed by atoms with Crippen LogP contribution in [0, 0.1) is 0 Å². The van der Waals surface area contributed by atoms with Gasteiger partial charge in [-0.2, -0.15) is 13.2 Å². The number of hydrogen-bond donors (Lipinski definition) is 2. The summed E-state index contributed by atoms with van der Waals surface area (Å²) >= 11 is 0.747. The van der Waals surface area contributed by atoms with Gasteiger partial charge in [-0.1, -0.05) is 30.0 Å². The predicted molar refractivity (Wildman–Crippen MR) is 110 cm³/mol. The van der Waals surface area contributed by atoms with E-state index in [-0.39, 0.29) is 24.2 Å². The number of carbonyl (C=O) groups excluding carboxylic acids is 3. The summed E-state index contributed by atoms with van der Waals surface area (Å²) in [5, 5.41) is 0.807. The van der Waals surface area contributed by atoms with Crippen LogP contribution in [0.3, 0.4) is 0 Å². The molecule has 2 atom stereocenters. The Bertz CT molecular complexity index is 1030. The molecule has 2 amide bonds. The molecule has 1 saturated heterocycles. The minimum absolute atomic E-state index is 0.0270. The summed E-state index contributed by atoms with van der Waals surface area (Å²) in [7, 11) is 1.23. The van der Waals surface area contributed by atoms with Gasteiger partial charge in [0.05, 0.1) is 17.9 Å². The first-order valence-corrected chi connectivity index (χ1v) is 10.3. The molecule has 1 fully saturated rings. The molecule has 0 aliphatic carbocycles. The van der Waals surface area contributed by atoms with Crippen LogP contribution in [-0.4, -0.2) is 35.5 Å². The summed E-state index contributed by atoms with van der Waals surface area (Å²) in [4.78, 5) is 34.4. The van der Waals surface area contributed by atoms with E-state index in [0.717, 1.165) is 17.8 Å². The summed E-state index contributed by atoms with van der Waals surface area (Å²) < 4.78 is 50.9. The number of amides is 2. The van der Waals surface area contributed by atoms with E-state index in [9.17, 15) is 27.6 Å². The summed E-state index contributed by atoms with van der Waals surface area (Å²) in [6.07, 6.45) is -4.52. The number of alkyl halides is 3. The molecule has 1 aliphatic heterocycles. The third kappa shape index (κ3) is 5.80. The SMILES string of the molecule is COC(=O)C(N)Cc1ccc(Oc2ccc(CC3SC(=O)NC3=O)cc2C(F)(F)F)cc1. The van der Waals surface area contributed by atoms with E-state index in [1.807, 2.05) is 0 Å². The molecule has 1 heterocycles. The van der Waals surface area contributed by atoms with Crippen molar-refractivity contribution in [3.05, 3.63) is 59.2 Å². The van der Waals surface area contributed by atoms with Crippen molar-refractivity contribution in [2.75, 3.05) is 7.11 Å². The number of carbonyl (C=O) groups is 3. The van der Waals surface area contributed by atoms with E-state index in [1.165, 1.54) is 31.4 Å². The summed E-state index contributed by atoms with van der Waals surface area (Å²) in [6, 6.07) is 8.78. The monoisotopic (exact) mass is 468 g/mol. The van der Waals surface area contributed by atoms with E-state index in [1.54, 1.807) is 12.1 Å². The maximum atomic E-state index is 13.6. The van der Waals surface area contributed by atoms with Crippen LogP contribution in [0.5, 0.6) is 11.5 Å². The van der Waals surface area contributed by atoms with Crippen molar-refractivity contribution in [3.8, 4) is 11.5 Å². The maximum absolute atomic E-state index is 13.6. The van der Waals surface area contributed by atoms with Gasteiger partial charge in [-0.05, 0) is 48.2 Å². The molecule has 0 saturated carbocycles. The van der Waals surface area contributed by atoms with Gasteiger partial charge in [-0.3, -0.25) is 19.7 Å². The lowest BCUT2D eigenvalue weighted by Crippen LogP contribution is -2.33. The highest BCUT2D eigenvalue weighted by molar-refractivity contribution is 8.15. The second-order valence-electron chi connectivity index (χ2n) is 7.00. The van der Waals surface area contributed by atoms with Gasteiger partial charge in [-0.15, -0.1) is 0 Å². The van der Waals surface area contributed by atoms with Crippen molar-refractivity contribution in [3.63, 3.8) is 0 Å². The van der Waals surface area contributed by atoms with Crippen LogP contribution >= 0.6 is 11.8 Å². The first kappa shape index (κ1) is 23.6. The molecule has 2 unspecified atom stereocenters. The van der Waals surface area contributed by atoms with E-state index >= 15 is 0 Å². The van der Waals surface area contributed by atoms with Gasteiger partial charge >= 0.3 is 12.1 Å². The third-order valence-corrected chi connectivity index (χ3v) is 5.63.